The van der Waals surface area contributed by atoms with Crippen molar-refractivity contribution in [1.82, 2.24) is 0 Å². The van der Waals surface area contributed by atoms with Crippen molar-refractivity contribution in [3.8, 4) is 5.75 Å². The van der Waals surface area contributed by atoms with E-state index in [1.54, 1.807) is 12.1 Å². The van der Waals surface area contributed by atoms with Crippen LogP contribution in [0.5, 0.6) is 5.75 Å². The number of ether oxygens (including phenoxy) is 2. The molecule has 1 aromatic rings. The third kappa shape index (κ3) is 3.14. The normalized spacial score (nSPS) is 21.9. The van der Waals surface area contributed by atoms with Gasteiger partial charge in [0, 0.05) is 24.1 Å². The maximum Gasteiger partial charge on any atom is 0.573 e. The monoisotopic (exact) mass is 261 g/mol. The van der Waals surface area contributed by atoms with Crippen LogP contribution in [0.25, 0.3) is 0 Å². The summed E-state index contributed by atoms with van der Waals surface area (Å²) in [7, 11) is 0. The first-order valence-corrected chi connectivity index (χ1v) is 5.65. The summed E-state index contributed by atoms with van der Waals surface area (Å²) in [6.07, 6.45) is -3.95. The van der Waals surface area contributed by atoms with Gasteiger partial charge in [-0.1, -0.05) is 18.2 Å². The first-order chi connectivity index (χ1) is 8.47. The van der Waals surface area contributed by atoms with E-state index in [-0.39, 0.29) is 11.7 Å². The van der Waals surface area contributed by atoms with Crippen molar-refractivity contribution in [3.63, 3.8) is 0 Å². The minimum Gasteiger partial charge on any atom is -0.405 e. The van der Waals surface area contributed by atoms with Crippen molar-refractivity contribution in [2.24, 2.45) is 11.7 Å². The molecule has 2 N–H and O–H groups in total. The zero-order chi connectivity index (χ0) is 13.2. The molecule has 0 aliphatic carbocycles. The number of rotatable bonds is 3. The quantitative estimate of drug-likeness (QED) is 0.909. The molecule has 0 amide bonds. The molecule has 2 rings (SSSR count). The first-order valence-electron chi connectivity index (χ1n) is 5.65. The van der Waals surface area contributed by atoms with Gasteiger partial charge in [0.15, 0.2) is 0 Å². The van der Waals surface area contributed by atoms with E-state index in [1.165, 1.54) is 12.1 Å². The number of hydrogen-bond donors (Lipinski definition) is 1. The fourth-order valence-corrected chi connectivity index (χ4v) is 2.06. The predicted octanol–water partition coefficient (Wildman–Crippen LogP) is 2.62. The van der Waals surface area contributed by atoms with Crippen molar-refractivity contribution in [3.05, 3.63) is 29.8 Å². The van der Waals surface area contributed by atoms with Gasteiger partial charge in [0.2, 0.25) is 0 Å². The van der Waals surface area contributed by atoms with E-state index >= 15 is 0 Å². The summed E-state index contributed by atoms with van der Waals surface area (Å²) in [6.45, 7) is 1.07. The van der Waals surface area contributed by atoms with Crippen LogP contribution in [-0.2, 0) is 4.74 Å². The van der Waals surface area contributed by atoms with Gasteiger partial charge in [-0.05, 0) is 12.5 Å². The Morgan fingerprint density at radius 1 is 1.33 bits per heavy atom. The molecule has 1 aliphatic heterocycles. The summed E-state index contributed by atoms with van der Waals surface area (Å²) >= 11 is 0. The lowest BCUT2D eigenvalue weighted by Gasteiger charge is -2.21. The molecule has 1 aliphatic rings. The van der Waals surface area contributed by atoms with Crippen LogP contribution in [0.3, 0.4) is 0 Å². The van der Waals surface area contributed by atoms with E-state index in [1.807, 2.05) is 0 Å². The Kier molecular flexibility index (Phi) is 3.77. The minimum absolute atomic E-state index is 0.0305. The summed E-state index contributed by atoms with van der Waals surface area (Å²) in [5.74, 6) is -0.201. The van der Waals surface area contributed by atoms with Crippen LogP contribution in [-0.4, -0.2) is 19.6 Å². The molecule has 2 atom stereocenters. The minimum atomic E-state index is -4.71. The van der Waals surface area contributed by atoms with Gasteiger partial charge in [-0.25, -0.2) is 0 Å². The van der Waals surface area contributed by atoms with Crippen LogP contribution in [0.4, 0.5) is 13.2 Å². The predicted molar refractivity (Wildman–Crippen MR) is 59.0 cm³/mol. The van der Waals surface area contributed by atoms with E-state index in [9.17, 15) is 13.2 Å². The highest BCUT2D eigenvalue weighted by Crippen LogP contribution is 2.34. The molecule has 0 saturated carbocycles. The van der Waals surface area contributed by atoms with Crippen LogP contribution in [0.1, 0.15) is 18.0 Å². The summed E-state index contributed by atoms with van der Waals surface area (Å²) in [6, 6.07) is 5.46. The van der Waals surface area contributed by atoms with Gasteiger partial charge in [0.25, 0.3) is 0 Å². The Balaban J connectivity index is 2.20. The average molecular weight is 261 g/mol. The number of alkyl halides is 3. The van der Waals surface area contributed by atoms with E-state index in [2.05, 4.69) is 4.74 Å². The van der Waals surface area contributed by atoms with Gasteiger partial charge < -0.3 is 15.2 Å². The fourth-order valence-electron chi connectivity index (χ4n) is 2.06. The highest BCUT2D eigenvalue weighted by atomic mass is 19.4. The van der Waals surface area contributed by atoms with Crippen LogP contribution in [0, 0.1) is 5.92 Å². The molecule has 0 spiro atoms. The summed E-state index contributed by atoms with van der Waals surface area (Å²) in [5.41, 5.74) is 6.36. The maximum absolute atomic E-state index is 12.3. The Labute approximate surface area is 103 Å². The van der Waals surface area contributed by atoms with Crippen LogP contribution in [0.15, 0.2) is 24.3 Å². The van der Waals surface area contributed by atoms with Crippen molar-refractivity contribution in [2.45, 2.75) is 18.8 Å². The molecule has 1 fully saturated rings. The maximum atomic E-state index is 12.3. The molecule has 0 bridgehead atoms. The molecule has 2 unspecified atom stereocenters. The third-order valence-electron chi connectivity index (χ3n) is 2.98. The number of benzene rings is 1. The highest BCUT2D eigenvalue weighted by molar-refractivity contribution is 5.36. The van der Waals surface area contributed by atoms with Crippen molar-refractivity contribution >= 4 is 0 Å². The topological polar surface area (TPSA) is 44.5 Å². The second-order valence-electron chi connectivity index (χ2n) is 4.24. The molecule has 1 heterocycles. The molecule has 6 heteroatoms. The number of nitrogens with two attached hydrogens (primary N) is 1. The van der Waals surface area contributed by atoms with Crippen molar-refractivity contribution < 1.29 is 22.6 Å². The lowest BCUT2D eigenvalue weighted by atomic mass is 9.92. The molecule has 1 saturated heterocycles. The smallest absolute Gasteiger partial charge is 0.405 e. The van der Waals surface area contributed by atoms with Gasteiger partial charge in [0.05, 0.1) is 6.61 Å². The molecular weight excluding hydrogens is 247 g/mol. The second kappa shape index (κ2) is 5.16. The second-order valence-corrected chi connectivity index (χ2v) is 4.24. The zero-order valence-corrected chi connectivity index (χ0v) is 9.61. The Hall–Kier alpha value is -1.27. The largest absolute Gasteiger partial charge is 0.573 e. The lowest BCUT2D eigenvalue weighted by molar-refractivity contribution is -0.275. The SMILES string of the molecule is NC(c1ccccc1OC(F)(F)F)C1CCOC1. The third-order valence-corrected chi connectivity index (χ3v) is 2.98. The number of para-hydroxylation sites is 1. The fraction of sp³-hybridized carbons (Fsp3) is 0.500. The number of hydrogen-bond acceptors (Lipinski definition) is 3. The van der Waals surface area contributed by atoms with Crippen molar-refractivity contribution in [1.29, 1.82) is 0 Å². The number of halogens is 3. The average Bonchev–Trinajstić information content (AvgIpc) is 2.80. The molecule has 0 radical (unpaired) electrons. The Morgan fingerprint density at radius 2 is 2.06 bits per heavy atom. The zero-order valence-electron chi connectivity index (χ0n) is 9.61. The Bertz CT molecular complexity index is 403. The molecule has 0 aromatic heterocycles. The molecule has 18 heavy (non-hydrogen) atoms. The van der Waals surface area contributed by atoms with E-state index in [0.717, 1.165) is 6.42 Å². The summed E-state index contributed by atoms with van der Waals surface area (Å²) in [5, 5.41) is 0. The molecular formula is C12H14F3NO2. The van der Waals surface area contributed by atoms with Crippen LogP contribution < -0.4 is 10.5 Å². The van der Waals surface area contributed by atoms with E-state index in [4.69, 9.17) is 10.5 Å². The van der Waals surface area contributed by atoms with E-state index in [0.29, 0.717) is 18.8 Å². The highest BCUT2D eigenvalue weighted by Gasteiger charge is 2.34. The summed E-state index contributed by atoms with van der Waals surface area (Å²) < 4.78 is 46.0. The van der Waals surface area contributed by atoms with E-state index < -0.39 is 12.4 Å². The molecule has 1 aromatic carbocycles. The van der Waals surface area contributed by atoms with Crippen LogP contribution in [0.2, 0.25) is 0 Å². The van der Waals surface area contributed by atoms with Gasteiger partial charge in [-0.3, -0.25) is 0 Å². The lowest BCUT2D eigenvalue weighted by Crippen LogP contribution is -2.24. The van der Waals surface area contributed by atoms with Crippen LogP contribution >= 0.6 is 0 Å². The van der Waals surface area contributed by atoms with Gasteiger partial charge in [0.1, 0.15) is 5.75 Å². The van der Waals surface area contributed by atoms with Gasteiger partial charge in [-0.15, -0.1) is 13.2 Å². The standard InChI is InChI=1S/C12H14F3NO2/c13-12(14,15)18-10-4-2-1-3-9(10)11(16)8-5-6-17-7-8/h1-4,8,11H,5-7,16H2. The van der Waals surface area contributed by atoms with Gasteiger partial charge >= 0.3 is 6.36 Å². The molecule has 100 valence electrons. The van der Waals surface area contributed by atoms with Gasteiger partial charge in [-0.2, -0.15) is 0 Å². The molecule has 3 nitrogen and oxygen atoms in total. The summed E-state index contributed by atoms with van der Waals surface area (Å²) in [4.78, 5) is 0. The Morgan fingerprint density at radius 3 is 2.67 bits per heavy atom. The first kappa shape index (κ1) is 13.2. The van der Waals surface area contributed by atoms with Crippen molar-refractivity contribution in [2.75, 3.05) is 13.2 Å².